The van der Waals surface area contributed by atoms with E-state index in [-0.39, 0.29) is 0 Å². The zero-order valence-corrected chi connectivity index (χ0v) is 15.2. The summed E-state index contributed by atoms with van der Waals surface area (Å²) < 4.78 is 0. The highest BCUT2D eigenvalue weighted by atomic mass is 16.3. The van der Waals surface area contributed by atoms with Crippen LogP contribution in [0.25, 0.3) is 0 Å². The number of aliphatic imine (C=N–C) groups is 1. The van der Waals surface area contributed by atoms with Gasteiger partial charge in [0.05, 0.1) is 6.10 Å². The van der Waals surface area contributed by atoms with Crippen molar-refractivity contribution in [3.05, 3.63) is 65.5 Å². The molecule has 5 heteroatoms. The van der Waals surface area contributed by atoms with Crippen LogP contribution in [-0.2, 0) is 0 Å². The van der Waals surface area contributed by atoms with Gasteiger partial charge < -0.3 is 15.7 Å². The lowest BCUT2D eigenvalue weighted by Crippen LogP contribution is -2.39. The van der Waals surface area contributed by atoms with Gasteiger partial charge in [-0.25, -0.2) is 0 Å². The number of benzene rings is 1. The maximum Gasteiger partial charge on any atom is 0.191 e. The Labute approximate surface area is 150 Å². The van der Waals surface area contributed by atoms with E-state index in [0.29, 0.717) is 19.0 Å². The number of nitrogens with zero attached hydrogens (tertiary/aromatic N) is 2. The Bertz CT molecular complexity index is 655. The molecule has 134 valence electrons. The first kappa shape index (κ1) is 18.9. The fraction of sp³-hybridized carbons (Fsp3) is 0.400. The molecule has 0 bridgehead atoms. The molecule has 0 spiro atoms. The third kappa shape index (κ3) is 6.19. The molecule has 0 aliphatic heterocycles. The van der Waals surface area contributed by atoms with Crippen molar-refractivity contribution in [2.24, 2.45) is 4.99 Å². The minimum atomic E-state index is -0.596. The van der Waals surface area contributed by atoms with Crippen molar-refractivity contribution in [2.45, 2.75) is 32.8 Å². The Morgan fingerprint density at radius 2 is 1.76 bits per heavy atom. The second kappa shape index (κ2) is 9.79. The predicted molar refractivity (Wildman–Crippen MR) is 103 cm³/mol. The topological polar surface area (TPSA) is 69.5 Å². The number of aryl methyl sites for hydroxylation is 1. The first-order chi connectivity index (χ1) is 12.1. The lowest BCUT2D eigenvalue weighted by Gasteiger charge is -2.16. The molecule has 3 N–H and O–H groups in total. The van der Waals surface area contributed by atoms with Crippen LogP contribution in [0.1, 0.15) is 42.6 Å². The van der Waals surface area contributed by atoms with E-state index < -0.39 is 6.10 Å². The minimum Gasteiger partial charge on any atom is -0.387 e. The Hall–Kier alpha value is -2.40. The van der Waals surface area contributed by atoms with Gasteiger partial charge in [-0.15, -0.1) is 0 Å². The number of hydrogen-bond donors (Lipinski definition) is 3. The summed E-state index contributed by atoms with van der Waals surface area (Å²) in [5, 5.41) is 16.7. The van der Waals surface area contributed by atoms with E-state index in [0.717, 1.165) is 18.1 Å². The summed E-state index contributed by atoms with van der Waals surface area (Å²) in [5.74, 6) is 1.05. The Kier molecular flexibility index (Phi) is 7.41. The van der Waals surface area contributed by atoms with Crippen molar-refractivity contribution < 1.29 is 5.11 Å². The predicted octanol–water partition coefficient (Wildman–Crippen LogP) is 2.78. The number of aliphatic hydroxyl groups excluding tert-OH is 1. The van der Waals surface area contributed by atoms with Crippen LogP contribution in [0.2, 0.25) is 0 Å². The number of nitrogens with one attached hydrogen (secondary N) is 2. The van der Waals surface area contributed by atoms with Crippen molar-refractivity contribution in [1.29, 1.82) is 0 Å². The lowest BCUT2D eigenvalue weighted by molar-refractivity contribution is 0.180. The largest absolute Gasteiger partial charge is 0.387 e. The molecule has 2 atom stereocenters. The van der Waals surface area contributed by atoms with Crippen LogP contribution >= 0.6 is 0 Å². The third-order valence-electron chi connectivity index (χ3n) is 4.07. The van der Waals surface area contributed by atoms with Gasteiger partial charge >= 0.3 is 0 Å². The van der Waals surface area contributed by atoms with Gasteiger partial charge in [0.25, 0.3) is 0 Å². The number of aliphatic hydroxyl groups is 1. The van der Waals surface area contributed by atoms with Crippen molar-refractivity contribution >= 4 is 5.96 Å². The molecule has 1 aromatic heterocycles. The third-order valence-corrected chi connectivity index (χ3v) is 4.07. The molecule has 0 fully saturated rings. The van der Waals surface area contributed by atoms with E-state index in [1.807, 2.05) is 19.1 Å². The summed E-state index contributed by atoms with van der Waals surface area (Å²) in [6.07, 6.45) is 2.77. The molecule has 25 heavy (non-hydrogen) atoms. The zero-order valence-electron chi connectivity index (χ0n) is 15.2. The molecule has 0 aliphatic rings. The quantitative estimate of drug-likeness (QED) is 0.535. The standard InChI is InChI=1S/C20H28N4O/c1-4-22-20(24-14-19(25)18-9-11-21-12-10-18)23-13-16(3)17-7-5-15(2)6-8-17/h5-12,16,19,25H,4,13-14H2,1-3H3,(H2,22,23,24). The van der Waals surface area contributed by atoms with Gasteiger partial charge in [0.1, 0.15) is 0 Å². The number of pyridine rings is 1. The second-order valence-electron chi connectivity index (χ2n) is 6.21. The summed E-state index contributed by atoms with van der Waals surface area (Å²) in [5.41, 5.74) is 3.38. The van der Waals surface area contributed by atoms with E-state index in [4.69, 9.17) is 0 Å². The SMILES string of the molecule is CCNC(=NCC(C)c1ccc(C)cc1)NCC(O)c1ccncc1. The highest BCUT2D eigenvalue weighted by Crippen LogP contribution is 2.16. The van der Waals surface area contributed by atoms with Gasteiger partial charge in [-0.05, 0) is 37.1 Å². The van der Waals surface area contributed by atoms with E-state index in [9.17, 15) is 5.11 Å². The minimum absolute atomic E-state index is 0.334. The monoisotopic (exact) mass is 340 g/mol. The maximum atomic E-state index is 10.2. The fourth-order valence-corrected chi connectivity index (χ4v) is 2.47. The molecule has 2 aromatic rings. The molecule has 5 nitrogen and oxygen atoms in total. The zero-order chi connectivity index (χ0) is 18.1. The summed E-state index contributed by atoms with van der Waals surface area (Å²) in [6, 6.07) is 12.2. The highest BCUT2D eigenvalue weighted by Gasteiger charge is 2.09. The summed E-state index contributed by atoms with van der Waals surface area (Å²) in [7, 11) is 0. The van der Waals surface area contributed by atoms with Crippen LogP contribution in [0, 0.1) is 6.92 Å². The van der Waals surface area contributed by atoms with Crippen molar-refractivity contribution in [3.8, 4) is 0 Å². The van der Waals surface area contributed by atoms with Gasteiger partial charge in [-0.3, -0.25) is 9.98 Å². The number of aromatic nitrogens is 1. The first-order valence-electron chi connectivity index (χ1n) is 8.77. The van der Waals surface area contributed by atoms with Crippen molar-refractivity contribution in [1.82, 2.24) is 15.6 Å². The van der Waals surface area contributed by atoms with Gasteiger partial charge in [0.15, 0.2) is 5.96 Å². The molecule has 0 aliphatic carbocycles. The summed E-state index contributed by atoms with van der Waals surface area (Å²) in [4.78, 5) is 8.62. The molecule has 0 saturated heterocycles. The fourth-order valence-electron chi connectivity index (χ4n) is 2.47. The van der Waals surface area contributed by atoms with E-state index in [1.165, 1.54) is 11.1 Å². The maximum absolute atomic E-state index is 10.2. The van der Waals surface area contributed by atoms with Gasteiger partial charge in [0.2, 0.25) is 0 Å². The van der Waals surface area contributed by atoms with Crippen LogP contribution in [0.4, 0.5) is 0 Å². The number of hydrogen-bond acceptors (Lipinski definition) is 3. The van der Waals surface area contributed by atoms with Crippen LogP contribution in [0.3, 0.4) is 0 Å². The summed E-state index contributed by atoms with van der Waals surface area (Å²) in [6.45, 7) is 8.14. The van der Waals surface area contributed by atoms with Crippen LogP contribution in [0.5, 0.6) is 0 Å². The molecule has 0 saturated carbocycles. The van der Waals surface area contributed by atoms with Crippen LogP contribution in [0.15, 0.2) is 53.8 Å². The molecule has 0 amide bonds. The van der Waals surface area contributed by atoms with E-state index >= 15 is 0 Å². The lowest BCUT2D eigenvalue weighted by atomic mass is 10.0. The number of guanidine groups is 1. The first-order valence-corrected chi connectivity index (χ1v) is 8.77. The molecular weight excluding hydrogens is 312 g/mol. The smallest absolute Gasteiger partial charge is 0.191 e. The Morgan fingerprint density at radius 3 is 2.40 bits per heavy atom. The van der Waals surface area contributed by atoms with Crippen molar-refractivity contribution in [3.63, 3.8) is 0 Å². The average Bonchev–Trinajstić information content (AvgIpc) is 2.64. The van der Waals surface area contributed by atoms with Gasteiger partial charge in [-0.1, -0.05) is 36.8 Å². The molecule has 0 radical (unpaired) electrons. The van der Waals surface area contributed by atoms with Crippen LogP contribution in [-0.4, -0.2) is 35.7 Å². The average molecular weight is 340 g/mol. The highest BCUT2D eigenvalue weighted by molar-refractivity contribution is 5.79. The normalized spacial score (nSPS) is 14.0. The molecule has 1 aromatic carbocycles. The molecule has 2 rings (SSSR count). The Morgan fingerprint density at radius 1 is 1.08 bits per heavy atom. The van der Waals surface area contributed by atoms with Gasteiger partial charge in [0, 0.05) is 37.9 Å². The second-order valence-corrected chi connectivity index (χ2v) is 6.21. The molecule has 1 heterocycles. The van der Waals surface area contributed by atoms with Crippen molar-refractivity contribution in [2.75, 3.05) is 19.6 Å². The number of rotatable bonds is 7. The van der Waals surface area contributed by atoms with E-state index in [2.05, 4.69) is 58.7 Å². The van der Waals surface area contributed by atoms with Crippen LogP contribution < -0.4 is 10.6 Å². The Balaban J connectivity index is 1.92. The molecule has 2 unspecified atom stereocenters. The molecular formula is C20H28N4O. The summed E-state index contributed by atoms with van der Waals surface area (Å²) >= 11 is 0. The van der Waals surface area contributed by atoms with Gasteiger partial charge in [-0.2, -0.15) is 0 Å². The van der Waals surface area contributed by atoms with E-state index in [1.54, 1.807) is 12.4 Å².